The Labute approximate surface area is 127 Å². The summed E-state index contributed by atoms with van der Waals surface area (Å²) in [4.78, 5) is 2.36. The number of aliphatic hydroxyl groups is 1. The van der Waals surface area contributed by atoms with Gasteiger partial charge < -0.3 is 20.5 Å². The second kappa shape index (κ2) is 8.37. The minimum atomic E-state index is -0.452. The highest BCUT2D eigenvalue weighted by molar-refractivity contribution is 5.32. The second-order valence-corrected chi connectivity index (χ2v) is 5.95. The van der Waals surface area contributed by atoms with Crippen LogP contribution in [0.25, 0.3) is 0 Å². The number of rotatable bonds is 7. The summed E-state index contributed by atoms with van der Waals surface area (Å²) >= 11 is 0. The quantitative estimate of drug-likeness (QED) is 0.807. The first kappa shape index (κ1) is 16.3. The third-order valence-corrected chi connectivity index (χ3v) is 4.27. The number of hydrogen-bond donors (Lipinski definition) is 2. The standard InChI is InChI=1S/C17H28N2O2/c1-2-14-6-5-9-19(11-14)12-16(20)13-21-17-8-4-3-7-15(17)10-18/h3-4,7-8,14,16,20H,2,5-6,9-13,18H2,1H3. The van der Waals surface area contributed by atoms with E-state index in [1.165, 1.54) is 19.3 Å². The van der Waals surface area contributed by atoms with E-state index in [4.69, 9.17) is 10.5 Å². The summed E-state index contributed by atoms with van der Waals surface area (Å²) in [5, 5.41) is 10.2. The van der Waals surface area contributed by atoms with E-state index in [9.17, 15) is 5.11 Å². The number of hydrogen-bond acceptors (Lipinski definition) is 4. The topological polar surface area (TPSA) is 58.7 Å². The first-order valence-corrected chi connectivity index (χ1v) is 8.04. The van der Waals surface area contributed by atoms with Crippen LogP contribution in [0.2, 0.25) is 0 Å². The van der Waals surface area contributed by atoms with Crippen molar-refractivity contribution in [1.82, 2.24) is 4.90 Å². The molecule has 0 spiro atoms. The number of likely N-dealkylation sites (tertiary alicyclic amines) is 1. The van der Waals surface area contributed by atoms with Gasteiger partial charge in [-0.2, -0.15) is 0 Å². The lowest BCUT2D eigenvalue weighted by Gasteiger charge is -2.33. The average molecular weight is 292 g/mol. The Balaban J connectivity index is 1.78. The molecular weight excluding hydrogens is 264 g/mol. The molecule has 0 aliphatic carbocycles. The lowest BCUT2D eigenvalue weighted by atomic mass is 9.95. The van der Waals surface area contributed by atoms with E-state index in [-0.39, 0.29) is 0 Å². The Morgan fingerprint density at radius 2 is 2.24 bits per heavy atom. The molecule has 2 unspecified atom stereocenters. The second-order valence-electron chi connectivity index (χ2n) is 5.95. The maximum atomic E-state index is 10.2. The van der Waals surface area contributed by atoms with Crippen LogP contribution < -0.4 is 10.5 Å². The van der Waals surface area contributed by atoms with E-state index in [0.29, 0.717) is 19.7 Å². The summed E-state index contributed by atoms with van der Waals surface area (Å²) in [5.74, 6) is 1.56. The van der Waals surface area contributed by atoms with E-state index in [1.807, 2.05) is 24.3 Å². The van der Waals surface area contributed by atoms with Gasteiger partial charge >= 0.3 is 0 Å². The van der Waals surface area contributed by atoms with E-state index in [0.717, 1.165) is 30.3 Å². The van der Waals surface area contributed by atoms with Crippen molar-refractivity contribution in [3.8, 4) is 5.75 Å². The zero-order chi connectivity index (χ0) is 15.1. The van der Waals surface area contributed by atoms with Gasteiger partial charge in [0.15, 0.2) is 0 Å². The van der Waals surface area contributed by atoms with Crippen LogP contribution in [-0.4, -0.2) is 42.4 Å². The molecule has 1 aromatic rings. The summed E-state index contributed by atoms with van der Waals surface area (Å²) in [7, 11) is 0. The number of nitrogens with zero attached hydrogens (tertiary/aromatic N) is 1. The minimum absolute atomic E-state index is 0.324. The molecule has 1 heterocycles. The highest BCUT2D eigenvalue weighted by atomic mass is 16.5. The Morgan fingerprint density at radius 3 is 3.00 bits per heavy atom. The van der Waals surface area contributed by atoms with E-state index in [2.05, 4.69) is 11.8 Å². The van der Waals surface area contributed by atoms with Crippen molar-refractivity contribution in [2.24, 2.45) is 11.7 Å². The molecule has 0 bridgehead atoms. The Kier molecular flexibility index (Phi) is 6.49. The van der Waals surface area contributed by atoms with Gasteiger partial charge in [0.2, 0.25) is 0 Å². The zero-order valence-electron chi connectivity index (χ0n) is 13.0. The number of aliphatic hydroxyl groups excluding tert-OH is 1. The van der Waals surface area contributed by atoms with Crippen LogP contribution in [0.15, 0.2) is 24.3 Å². The third kappa shape index (κ3) is 4.99. The molecule has 2 rings (SSSR count). The lowest BCUT2D eigenvalue weighted by Crippen LogP contribution is -2.41. The van der Waals surface area contributed by atoms with Crippen molar-refractivity contribution >= 4 is 0 Å². The van der Waals surface area contributed by atoms with Gasteiger partial charge in [0.05, 0.1) is 0 Å². The molecule has 0 saturated carbocycles. The molecule has 2 atom stereocenters. The predicted octanol–water partition coefficient (Wildman–Crippen LogP) is 2.01. The minimum Gasteiger partial charge on any atom is -0.491 e. The number of piperidine rings is 1. The van der Waals surface area contributed by atoms with Crippen molar-refractivity contribution in [1.29, 1.82) is 0 Å². The van der Waals surface area contributed by atoms with Crippen LogP contribution >= 0.6 is 0 Å². The molecule has 1 fully saturated rings. The number of para-hydroxylation sites is 1. The van der Waals surface area contributed by atoms with Crippen molar-refractivity contribution in [2.75, 3.05) is 26.2 Å². The smallest absolute Gasteiger partial charge is 0.123 e. The molecule has 0 radical (unpaired) electrons. The maximum Gasteiger partial charge on any atom is 0.123 e. The predicted molar refractivity (Wildman–Crippen MR) is 85.3 cm³/mol. The van der Waals surface area contributed by atoms with Gasteiger partial charge in [-0.15, -0.1) is 0 Å². The van der Waals surface area contributed by atoms with Gasteiger partial charge in [-0.25, -0.2) is 0 Å². The molecular formula is C17H28N2O2. The SMILES string of the molecule is CCC1CCCN(CC(O)COc2ccccc2CN)C1. The fraction of sp³-hybridized carbons (Fsp3) is 0.647. The van der Waals surface area contributed by atoms with Crippen LogP contribution in [0.5, 0.6) is 5.75 Å². The Bertz CT molecular complexity index is 425. The molecule has 1 aliphatic rings. The molecule has 1 saturated heterocycles. The number of ether oxygens (including phenoxy) is 1. The fourth-order valence-electron chi connectivity index (χ4n) is 3.00. The molecule has 21 heavy (non-hydrogen) atoms. The summed E-state index contributed by atoms with van der Waals surface area (Å²) in [6.45, 7) is 5.92. The van der Waals surface area contributed by atoms with E-state index in [1.54, 1.807) is 0 Å². The molecule has 1 aliphatic heterocycles. The summed E-state index contributed by atoms with van der Waals surface area (Å²) in [6, 6.07) is 7.74. The van der Waals surface area contributed by atoms with Crippen LogP contribution in [0.4, 0.5) is 0 Å². The summed E-state index contributed by atoms with van der Waals surface area (Å²) in [6.07, 6.45) is 3.34. The van der Waals surface area contributed by atoms with Crippen LogP contribution in [-0.2, 0) is 6.54 Å². The number of β-amino-alcohol motifs (C(OH)–C–C–N with tert-alkyl or cyclic N) is 1. The molecule has 3 N–H and O–H groups in total. The van der Waals surface area contributed by atoms with Crippen molar-refractivity contribution in [3.63, 3.8) is 0 Å². The zero-order valence-corrected chi connectivity index (χ0v) is 13.0. The molecule has 0 aromatic heterocycles. The third-order valence-electron chi connectivity index (χ3n) is 4.27. The highest BCUT2D eigenvalue weighted by Crippen LogP contribution is 2.20. The van der Waals surface area contributed by atoms with Crippen molar-refractivity contribution < 1.29 is 9.84 Å². The highest BCUT2D eigenvalue weighted by Gasteiger charge is 2.20. The van der Waals surface area contributed by atoms with Gasteiger partial charge in [0.25, 0.3) is 0 Å². The first-order chi connectivity index (χ1) is 10.2. The Morgan fingerprint density at radius 1 is 1.43 bits per heavy atom. The van der Waals surface area contributed by atoms with Gasteiger partial charge in [-0.05, 0) is 31.4 Å². The van der Waals surface area contributed by atoms with E-state index < -0.39 is 6.10 Å². The van der Waals surface area contributed by atoms with Gasteiger partial charge in [0, 0.05) is 25.2 Å². The van der Waals surface area contributed by atoms with Gasteiger partial charge in [0.1, 0.15) is 18.5 Å². The fourth-order valence-corrected chi connectivity index (χ4v) is 3.00. The molecule has 1 aromatic carbocycles. The van der Waals surface area contributed by atoms with Crippen LogP contribution in [0.1, 0.15) is 31.7 Å². The first-order valence-electron chi connectivity index (χ1n) is 8.04. The number of nitrogens with two attached hydrogens (primary N) is 1. The molecule has 0 amide bonds. The monoisotopic (exact) mass is 292 g/mol. The molecule has 4 heteroatoms. The summed E-state index contributed by atoms with van der Waals surface area (Å²) in [5.41, 5.74) is 6.67. The lowest BCUT2D eigenvalue weighted by molar-refractivity contribution is 0.0512. The molecule has 4 nitrogen and oxygen atoms in total. The van der Waals surface area contributed by atoms with Crippen molar-refractivity contribution in [3.05, 3.63) is 29.8 Å². The summed E-state index contributed by atoms with van der Waals surface area (Å²) < 4.78 is 5.73. The van der Waals surface area contributed by atoms with Gasteiger partial charge in [-0.1, -0.05) is 31.5 Å². The Hall–Kier alpha value is -1.10. The normalized spacial score (nSPS) is 21.2. The largest absolute Gasteiger partial charge is 0.491 e. The van der Waals surface area contributed by atoms with E-state index >= 15 is 0 Å². The maximum absolute atomic E-state index is 10.2. The van der Waals surface area contributed by atoms with Gasteiger partial charge in [-0.3, -0.25) is 0 Å². The molecule has 118 valence electrons. The average Bonchev–Trinajstić information content (AvgIpc) is 2.53. The van der Waals surface area contributed by atoms with Crippen LogP contribution in [0.3, 0.4) is 0 Å². The van der Waals surface area contributed by atoms with Crippen molar-refractivity contribution in [2.45, 2.75) is 38.8 Å². The number of benzene rings is 1. The van der Waals surface area contributed by atoms with Crippen LogP contribution in [0, 0.1) is 5.92 Å².